The maximum Gasteiger partial charge on any atom is 0.310 e. The molecule has 1 aliphatic rings. The van der Waals surface area contributed by atoms with Gasteiger partial charge >= 0.3 is 5.97 Å². The van der Waals surface area contributed by atoms with Gasteiger partial charge in [0.1, 0.15) is 11.9 Å². The van der Waals surface area contributed by atoms with Crippen LogP contribution in [0.15, 0.2) is 12.2 Å². The Hall–Kier alpha value is -0.770. The molecule has 154 valence electrons. The molecule has 0 amide bonds. The van der Waals surface area contributed by atoms with Crippen molar-refractivity contribution in [2.45, 2.75) is 80.8 Å². The summed E-state index contributed by atoms with van der Waals surface area (Å²) in [6.45, 7) is 18.3. The minimum atomic E-state index is -0.402. The van der Waals surface area contributed by atoms with Crippen molar-refractivity contribution in [1.29, 1.82) is 0 Å². The number of carbonyl (C=O) groups is 2. The number of thioether (sulfide) groups is 1. The van der Waals surface area contributed by atoms with Crippen LogP contribution in [-0.2, 0) is 14.3 Å². The van der Waals surface area contributed by atoms with Gasteiger partial charge in [0, 0.05) is 0 Å². The van der Waals surface area contributed by atoms with Crippen LogP contribution in [0.2, 0.25) is 0 Å². The standard InChI is InChI=1S/C18H32O2S.C2H4O.C2H6/c1-13-8-9-14(2)15(10-13)16(19)20-18(5,6)11-17(3,4)12-21-7;1-2-3;1-2/h8-9,13-15H,10-12H2,1-7H3;2H,1H3;1-2H3. The van der Waals surface area contributed by atoms with Gasteiger partial charge in [-0.3, -0.25) is 4.79 Å². The van der Waals surface area contributed by atoms with E-state index in [4.69, 9.17) is 9.53 Å². The number of rotatable bonds is 6. The normalized spacial score (nSPS) is 22.3. The van der Waals surface area contributed by atoms with Gasteiger partial charge in [-0.05, 0) is 62.9 Å². The Morgan fingerprint density at radius 1 is 1.19 bits per heavy atom. The lowest BCUT2D eigenvalue weighted by Crippen LogP contribution is -2.38. The average Bonchev–Trinajstić information content (AvgIpc) is 2.50. The van der Waals surface area contributed by atoms with Gasteiger partial charge in [0.15, 0.2) is 0 Å². The van der Waals surface area contributed by atoms with Gasteiger partial charge in [-0.1, -0.05) is 53.7 Å². The van der Waals surface area contributed by atoms with E-state index in [1.165, 1.54) is 6.92 Å². The van der Waals surface area contributed by atoms with Crippen molar-refractivity contribution in [2.24, 2.45) is 23.2 Å². The summed E-state index contributed by atoms with van der Waals surface area (Å²) in [4.78, 5) is 21.4. The third-order valence-corrected chi connectivity index (χ3v) is 5.19. The first kappa shape index (κ1) is 27.4. The molecule has 0 spiro atoms. The van der Waals surface area contributed by atoms with Crippen molar-refractivity contribution in [3.63, 3.8) is 0 Å². The largest absolute Gasteiger partial charge is 0.459 e. The molecule has 0 aromatic heterocycles. The minimum absolute atomic E-state index is 0.00735. The average molecular weight is 387 g/mol. The Morgan fingerprint density at radius 3 is 2.15 bits per heavy atom. The molecular weight excluding hydrogens is 344 g/mol. The summed E-state index contributed by atoms with van der Waals surface area (Å²) in [6.07, 6.45) is 9.03. The second kappa shape index (κ2) is 13.4. The third-order valence-electron chi connectivity index (χ3n) is 4.12. The SMILES string of the molecule is CC.CC=O.CSCC(C)(C)CC(C)(C)OC(=O)C1CC(C)C=CC1C. The first-order chi connectivity index (χ1) is 12.0. The van der Waals surface area contributed by atoms with Gasteiger partial charge in [0.2, 0.25) is 0 Å². The molecule has 3 nitrogen and oxygen atoms in total. The van der Waals surface area contributed by atoms with Gasteiger partial charge in [0.25, 0.3) is 0 Å². The van der Waals surface area contributed by atoms with Crippen molar-refractivity contribution in [3.05, 3.63) is 12.2 Å². The van der Waals surface area contributed by atoms with Crippen molar-refractivity contribution in [1.82, 2.24) is 0 Å². The topological polar surface area (TPSA) is 43.4 Å². The lowest BCUT2D eigenvalue weighted by atomic mass is 9.80. The summed E-state index contributed by atoms with van der Waals surface area (Å²) in [5.41, 5.74) is -0.227. The number of aldehydes is 1. The molecular formula is C22H42O3S. The van der Waals surface area contributed by atoms with Crippen LogP contribution < -0.4 is 0 Å². The van der Waals surface area contributed by atoms with Crippen molar-refractivity contribution in [3.8, 4) is 0 Å². The van der Waals surface area contributed by atoms with Gasteiger partial charge in [0.05, 0.1) is 5.92 Å². The number of esters is 1. The van der Waals surface area contributed by atoms with Gasteiger partial charge in [-0.2, -0.15) is 11.8 Å². The summed E-state index contributed by atoms with van der Waals surface area (Å²) >= 11 is 1.85. The van der Waals surface area contributed by atoms with Gasteiger partial charge in [-0.25, -0.2) is 0 Å². The first-order valence-corrected chi connectivity index (χ1v) is 11.2. The third kappa shape index (κ3) is 11.8. The number of ether oxygens (including phenoxy) is 1. The first-order valence-electron chi connectivity index (χ1n) is 9.78. The van der Waals surface area contributed by atoms with E-state index < -0.39 is 5.60 Å². The number of carbonyl (C=O) groups excluding carboxylic acids is 2. The summed E-state index contributed by atoms with van der Waals surface area (Å²) in [6, 6.07) is 0. The quantitative estimate of drug-likeness (QED) is 0.311. The Bertz CT molecular complexity index is 427. The molecule has 0 aliphatic heterocycles. The van der Waals surface area contributed by atoms with Crippen LogP contribution in [-0.4, -0.2) is 29.9 Å². The zero-order valence-corrected chi connectivity index (χ0v) is 19.5. The Kier molecular flexibility index (Phi) is 14.2. The number of hydrogen-bond donors (Lipinski definition) is 0. The summed E-state index contributed by atoms with van der Waals surface area (Å²) in [7, 11) is 0. The molecule has 0 N–H and O–H groups in total. The summed E-state index contributed by atoms with van der Waals surface area (Å²) < 4.78 is 5.90. The molecule has 0 saturated carbocycles. The summed E-state index contributed by atoms with van der Waals surface area (Å²) in [5.74, 6) is 1.81. The predicted octanol–water partition coefficient (Wildman–Crippen LogP) is 6.17. The highest BCUT2D eigenvalue weighted by Gasteiger charge is 2.36. The molecule has 1 rings (SSSR count). The second-order valence-electron chi connectivity index (χ2n) is 8.25. The van der Waals surface area contributed by atoms with Crippen LogP contribution >= 0.6 is 11.8 Å². The molecule has 3 atom stereocenters. The fourth-order valence-electron chi connectivity index (χ4n) is 3.48. The second-order valence-corrected chi connectivity index (χ2v) is 9.12. The highest BCUT2D eigenvalue weighted by atomic mass is 32.2. The lowest BCUT2D eigenvalue weighted by molar-refractivity contribution is -0.166. The van der Waals surface area contributed by atoms with Gasteiger partial charge < -0.3 is 9.53 Å². The maximum absolute atomic E-state index is 12.6. The van der Waals surface area contributed by atoms with E-state index in [0.29, 0.717) is 5.92 Å². The van der Waals surface area contributed by atoms with E-state index in [9.17, 15) is 4.79 Å². The number of allylic oxidation sites excluding steroid dienone is 2. The predicted molar refractivity (Wildman–Crippen MR) is 116 cm³/mol. The van der Waals surface area contributed by atoms with E-state index in [0.717, 1.165) is 24.9 Å². The molecule has 0 saturated heterocycles. The van der Waals surface area contributed by atoms with E-state index in [2.05, 4.69) is 46.1 Å². The minimum Gasteiger partial charge on any atom is -0.459 e. The monoisotopic (exact) mass is 386 g/mol. The highest BCUT2D eigenvalue weighted by Crippen LogP contribution is 2.35. The fraction of sp³-hybridized carbons (Fsp3) is 0.818. The van der Waals surface area contributed by atoms with Crippen molar-refractivity contribution in [2.75, 3.05) is 12.0 Å². The Balaban J connectivity index is 0. The van der Waals surface area contributed by atoms with Crippen LogP contribution in [0, 0.1) is 23.2 Å². The molecule has 0 heterocycles. The molecule has 4 heteroatoms. The molecule has 0 aromatic rings. The lowest BCUT2D eigenvalue weighted by Gasteiger charge is -2.36. The van der Waals surface area contributed by atoms with Crippen LogP contribution in [0.3, 0.4) is 0 Å². The fourth-order valence-corrected chi connectivity index (χ4v) is 4.37. The molecule has 3 unspecified atom stereocenters. The Morgan fingerprint density at radius 2 is 1.69 bits per heavy atom. The maximum atomic E-state index is 12.6. The molecule has 0 aromatic carbocycles. The van der Waals surface area contributed by atoms with Gasteiger partial charge in [-0.15, -0.1) is 0 Å². The van der Waals surface area contributed by atoms with Crippen LogP contribution in [0.4, 0.5) is 0 Å². The van der Waals surface area contributed by atoms with Crippen LogP contribution in [0.5, 0.6) is 0 Å². The summed E-state index contributed by atoms with van der Waals surface area (Å²) in [5, 5.41) is 0. The highest BCUT2D eigenvalue weighted by molar-refractivity contribution is 7.98. The van der Waals surface area contributed by atoms with E-state index in [-0.39, 0.29) is 23.2 Å². The molecule has 26 heavy (non-hydrogen) atoms. The zero-order valence-electron chi connectivity index (χ0n) is 18.7. The van der Waals surface area contributed by atoms with E-state index >= 15 is 0 Å². The van der Waals surface area contributed by atoms with Crippen molar-refractivity contribution < 1.29 is 14.3 Å². The Labute approximate surface area is 166 Å². The van der Waals surface area contributed by atoms with Crippen LogP contribution in [0.25, 0.3) is 0 Å². The number of hydrogen-bond acceptors (Lipinski definition) is 4. The van der Waals surface area contributed by atoms with E-state index in [1.807, 2.05) is 39.5 Å². The molecule has 0 bridgehead atoms. The molecule has 0 radical (unpaired) electrons. The molecule has 0 fully saturated rings. The smallest absolute Gasteiger partial charge is 0.310 e. The van der Waals surface area contributed by atoms with E-state index in [1.54, 1.807) is 0 Å². The molecule has 1 aliphatic carbocycles. The van der Waals surface area contributed by atoms with Crippen LogP contribution in [0.1, 0.15) is 75.2 Å². The zero-order chi connectivity index (χ0) is 21.0. The van der Waals surface area contributed by atoms with Crippen molar-refractivity contribution >= 4 is 24.0 Å².